The minimum Gasteiger partial charge on any atom is -0.502 e. The van der Waals surface area contributed by atoms with Crippen LogP contribution in [0.3, 0.4) is 0 Å². The number of benzene rings is 1. The van der Waals surface area contributed by atoms with E-state index in [0.29, 0.717) is 23.1 Å². The summed E-state index contributed by atoms with van der Waals surface area (Å²) in [7, 11) is 0. The number of nitro groups is 1. The summed E-state index contributed by atoms with van der Waals surface area (Å²) < 4.78 is 0.505. The molecule has 1 aromatic rings. The molecule has 0 saturated carbocycles. The third-order valence-corrected chi connectivity index (χ3v) is 3.86. The Balaban J connectivity index is 2.40. The molecule has 0 amide bonds. The summed E-state index contributed by atoms with van der Waals surface area (Å²) in [6, 6.07) is 2.42. The quantitative estimate of drug-likeness (QED) is 0.556. The van der Waals surface area contributed by atoms with Crippen LogP contribution in [0.5, 0.6) is 5.75 Å². The van der Waals surface area contributed by atoms with Crippen LogP contribution in [-0.4, -0.2) is 52.8 Å². The summed E-state index contributed by atoms with van der Waals surface area (Å²) in [5.41, 5.74) is 0.0124. The van der Waals surface area contributed by atoms with Gasteiger partial charge >= 0.3 is 5.69 Å². The van der Waals surface area contributed by atoms with Crippen molar-refractivity contribution in [2.24, 2.45) is 0 Å². The van der Waals surface area contributed by atoms with Crippen LogP contribution in [-0.2, 0) is 0 Å². The lowest BCUT2D eigenvalue weighted by Gasteiger charge is -2.34. The Bertz CT molecular complexity index is 506. The first-order chi connectivity index (χ1) is 9.54. The number of hydrogen-bond donors (Lipinski definition) is 3. The lowest BCUT2D eigenvalue weighted by molar-refractivity contribution is -0.386. The second-order valence-corrected chi connectivity index (χ2v) is 5.52. The zero-order valence-electron chi connectivity index (χ0n) is 10.8. The van der Waals surface area contributed by atoms with Gasteiger partial charge in [0.2, 0.25) is 0 Å². The Hall–Kier alpha value is -1.22. The van der Waals surface area contributed by atoms with Gasteiger partial charge in [0.1, 0.15) is 0 Å². The number of aliphatic hydroxyl groups is 1. The number of nitrogens with one attached hydrogen (secondary N) is 1. The van der Waals surface area contributed by atoms with E-state index in [-0.39, 0.29) is 18.0 Å². The highest BCUT2D eigenvalue weighted by molar-refractivity contribution is 9.10. The maximum atomic E-state index is 11.0. The molecule has 20 heavy (non-hydrogen) atoms. The van der Waals surface area contributed by atoms with Gasteiger partial charge in [-0.15, -0.1) is 0 Å². The van der Waals surface area contributed by atoms with Crippen molar-refractivity contribution in [1.29, 1.82) is 0 Å². The predicted molar refractivity (Wildman–Crippen MR) is 76.7 cm³/mol. The fourth-order valence-corrected chi connectivity index (χ4v) is 2.87. The minimum absolute atomic E-state index is 0.207. The minimum atomic E-state index is -0.629. The molecule has 2 rings (SSSR count). The molecule has 0 unspecified atom stereocenters. The predicted octanol–water partition coefficient (Wildman–Crippen LogP) is 1.00. The standard InChI is InChI=1S/C12H16BrN3O4/c13-8-5-9(12(18)10(6-8)16(19)20)11(7-17)15-3-1-14-2-4-15/h5-6,11,14,17-18H,1-4,7H2/t11-/m0/s1. The molecule has 0 aromatic heterocycles. The van der Waals surface area contributed by atoms with E-state index in [1.807, 2.05) is 4.90 Å². The van der Waals surface area contributed by atoms with Gasteiger partial charge in [-0.2, -0.15) is 0 Å². The molecule has 110 valence electrons. The molecule has 0 spiro atoms. The van der Waals surface area contributed by atoms with Crippen LogP contribution in [0.1, 0.15) is 11.6 Å². The highest BCUT2D eigenvalue weighted by Gasteiger charge is 2.28. The average molecular weight is 346 g/mol. The molecule has 1 aliphatic rings. The normalized spacial score (nSPS) is 17.9. The van der Waals surface area contributed by atoms with Gasteiger partial charge < -0.3 is 15.5 Å². The first-order valence-corrected chi connectivity index (χ1v) is 7.06. The number of aromatic hydroxyl groups is 1. The fraction of sp³-hybridized carbons (Fsp3) is 0.500. The molecule has 0 bridgehead atoms. The van der Waals surface area contributed by atoms with E-state index in [9.17, 15) is 20.3 Å². The van der Waals surface area contributed by atoms with Crippen molar-refractivity contribution in [3.05, 3.63) is 32.3 Å². The largest absolute Gasteiger partial charge is 0.502 e. The summed E-state index contributed by atoms with van der Waals surface area (Å²) in [6.45, 7) is 2.79. The van der Waals surface area contributed by atoms with E-state index in [0.717, 1.165) is 13.1 Å². The van der Waals surface area contributed by atoms with Gasteiger partial charge in [0.15, 0.2) is 5.75 Å². The molecule has 1 aliphatic heterocycles. The summed E-state index contributed by atoms with van der Waals surface area (Å²) in [4.78, 5) is 12.3. The Morgan fingerprint density at radius 3 is 2.65 bits per heavy atom. The highest BCUT2D eigenvalue weighted by Crippen LogP contribution is 2.38. The number of halogens is 1. The lowest BCUT2D eigenvalue weighted by atomic mass is 10.0. The number of nitrogens with zero attached hydrogens (tertiary/aromatic N) is 2. The SMILES string of the molecule is O=[N+]([O-])c1cc(Br)cc([C@H](CO)N2CCNCC2)c1O. The first-order valence-electron chi connectivity index (χ1n) is 6.27. The maximum Gasteiger partial charge on any atom is 0.312 e. The third kappa shape index (κ3) is 3.09. The van der Waals surface area contributed by atoms with Gasteiger partial charge in [-0.3, -0.25) is 15.0 Å². The van der Waals surface area contributed by atoms with Crippen LogP contribution >= 0.6 is 15.9 Å². The van der Waals surface area contributed by atoms with Crippen molar-refractivity contribution in [3.8, 4) is 5.75 Å². The monoisotopic (exact) mass is 345 g/mol. The summed E-state index contributed by atoms with van der Waals surface area (Å²) in [5.74, 6) is -0.379. The Kier molecular flexibility index (Phi) is 4.92. The van der Waals surface area contributed by atoms with Crippen molar-refractivity contribution < 1.29 is 15.1 Å². The van der Waals surface area contributed by atoms with E-state index < -0.39 is 11.0 Å². The third-order valence-electron chi connectivity index (χ3n) is 3.41. The highest BCUT2D eigenvalue weighted by atomic mass is 79.9. The van der Waals surface area contributed by atoms with Crippen LogP contribution in [0.25, 0.3) is 0 Å². The summed E-state index contributed by atoms with van der Waals surface area (Å²) >= 11 is 3.21. The molecular weight excluding hydrogens is 330 g/mol. The second-order valence-electron chi connectivity index (χ2n) is 4.60. The van der Waals surface area contributed by atoms with E-state index in [2.05, 4.69) is 21.2 Å². The van der Waals surface area contributed by atoms with E-state index in [1.165, 1.54) is 6.07 Å². The molecule has 7 nitrogen and oxygen atoms in total. The van der Waals surface area contributed by atoms with Crippen LogP contribution in [0.15, 0.2) is 16.6 Å². The lowest BCUT2D eigenvalue weighted by Crippen LogP contribution is -2.46. The zero-order valence-corrected chi connectivity index (χ0v) is 12.3. The Morgan fingerprint density at radius 2 is 2.10 bits per heavy atom. The van der Waals surface area contributed by atoms with Gasteiger partial charge in [0.05, 0.1) is 17.6 Å². The van der Waals surface area contributed by atoms with Crippen molar-refractivity contribution in [2.75, 3.05) is 32.8 Å². The number of piperazine rings is 1. The summed E-state index contributed by atoms with van der Waals surface area (Å²) in [5, 5.41) is 33.9. The zero-order chi connectivity index (χ0) is 14.7. The molecule has 8 heteroatoms. The first kappa shape index (κ1) is 15.2. The molecule has 3 N–H and O–H groups in total. The number of rotatable bonds is 4. The molecule has 1 heterocycles. The van der Waals surface area contributed by atoms with Gasteiger partial charge in [0, 0.05) is 42.3 Å². The van der Waals surface area contributed by atoms with Crippen LogP contribution < -0.4 is 5.32 Å². The molecular formula is C12H16BrN3O4. The molecule has 0 aliphatic carbocycles. The van der Waals surface area contributed by atoms with E-state index in [1.54, 1.807) is 6.07 Å². The van der Waals surface area contributed by atoms with Gasteiger partial charge in [-0.25, -0.2) is 0 Å². The molecule has 1 atom stereocenters. The summed E-state index contributed by atoms with van der Waals surface area (Å²) in [6.07, 6.45) is 0. The average Bonchev–Trinajstić information content (AvgIpc) is 2.44. The smallest absolute Gasteiger partial charge is 0.312 e. The molecule has 0 radical (unpaired) electrons. The number of aliphatic hydroxyl groups excluding tert-OH is 1. The molecule has 1 saturated heterocycles. The van der Waals surface area contributed by atoms with Crippen molar-refractivity contribution in [1.82, 2.24) is 10.2 Å². The van der Waals surface area contributed by atoms with Crippen LogP contribution in [0.2, 0.25) is 0 Å². The number of nitro benzene ring substituents is 1. The van der Waals surface area contributed by atoms with Gasteiger partial charge in [-0.05, 0) is 6.07 Å². The van der Waals surface area contributed by atoms with Crippen molar-refractivity contribution in [2.45, 2.75) is 6.04 Å². The van der Waals surface area contributed by atoms with Gasteiger partial charge in [0.25, 0.3) is 0 Å². The molecule has 1 aromatic carbocycles. The fourth-order valence-electron chi connectivity index (χ4n) is 2.40. The van der Waals surface area contributed by atoms with Crippen LogP contribution in [0, 0.1) is 10.1 Å². The number of phenols is 1. The Labute approximate surface area is 124 Å². The second kappa shape index (κ2) is 6.49. The number of phenolic OH excluding ortho intramolecular Hbond substituents is 1. The van der Waals surface area contributed by atoms with Crippen molar-refractivity contribution in [3.63, 3.8) is 0 Å². The van der Waals surface area contributed by atoms with E-state index in [4.69, 9.17) is 0 Å². The van der Waals surface area contributed by atoms with Crippen molar-refractivity contribution >= 4 is 21.6 Å². The molecule has 1 fully saturated rings. The van der Waals surface area contributed by atoms with E-state index >= 15 is 0 Å². The maximum absolute atomic E-state index is 11.0. The topological polar surface area (TPSA) is 98.9 Å². The number of hydrogen-bond acceptors (Lipinski definition) is 6. The van der Waals surface area contributed by atoms with Gasteiger partial charge in [-0.1, -0.05) is 15.9 Å². The van der Waals surface area contributed by atoms with Crippen LogP contribution in [0.4, 0.5) is 5.69 Å². The Morgan fingerprint density at radius 1 is 1.45 bits per heavy atom.